The molecule has 6 rings (SSSR count). The summed E-state index contributed by atoms with van der Waals surface area (Å²) in [7, 11) is -4.52. The normalized spacial score (nSPS) is 14.1. The number of benzene rings is 4. The molecule has 1 aromatic heterocycles. The van der Waals surface area contributed by atoms with E-state index in [0.29, 0.717) is 40.6 Å². The molecule has 46 heavy (non-hydrogen) atoms. The SMILES string of the molecule is O=C(Nc1nn(C(c2ccccc2)(c2ccccc2)c2ccccc2)c2c1CN(S(=O)(=O)c1cc(F)cc(F)c1)CC2)C(F)(F)F. The van der Waals surface area contributed by atoms with Gasteiger partial charge in [-0.2, -0.15) is 22.6 Å². The van der Waals surface area contributed by atoms with Gasteiger partial charge in [0.05, 0.1) is 4.90 Å². The van der Waals surface area contributed by atoms with Crippen LogP contribution in [0.25, 0.3) is 0 Å². The van der Waals surface area contributed by atoms with Gasteiger partial charge >= 0.3 is 12.1 Å². The Bertz CT molecular complexity index is 1890. The van der Waals surface area contributed by atoms with Crippen LogP contribution in [0.4, 0.5) is 27.8 Å². The van der Waals surface area contributed by atoms with Crippen molar-refractivity contribution in [2.75, 3.05) is 11.9 Å². The molecule has 0 saturated carbocycles. The Morgan fingerprint density at radius 1 is 0.761 bits per heavy atom. The average Bonchev–Trinajstić information content (AvgIpc) is 3.39. The number of rotatable bonds is 7. The van der Waals surface area contributed by atoms with Crippen molar-refractivity contribution >= 4 is 21.7 Å². The quantitative estimate of drug-likeness (QED) is 0.167. The molecule has 0 spiro atoms. The van der Waals surface area contributed by atoms with Gasteiger partial charge in [0, 0.05) is 36.8 Å². The molecule has 0 atom stereocenters. The number of sulfonamides is 1. The molecule has 1 N–H and O–H groups in total. The minimum atomic E-state index is -5.27. The van der Waals surface area contributed by atoms with Gasteiger partial charge in [0.25, 0.3) is 0 Å². The minimum Gasteiger partial charge on any atom is -0.301 e. The molecule has 7 nitrogen and oxygen atoms in total. The van der Waals surface area contributed by atoms with Crippen LogP contribution in [0.15, 0.2) is 114 Å². The van der Waals surface area contributed by atoms with Crippen molar-refractivity contribution in [1.29, 1.82) is 0 Å². The Morgan fingerprint density at radius 3 is 1.70 bits per heavy atom. The van der Waals surface area contributed by atoms with Crippen molar-refractivity contribution in [2.45, 2.75) is 29.6 Å². The van der Waals surface area contributed by atoms with Crippen molar-refractivity contribution in [1.82, 2.24) is 14.1 Å². The van der Waals surface area contributed by atoms with Crippen LogP contribution in [0.5, 0.6) is 0 Å². The zero-order chi connectivity index (χ0) is 32.7. The molecule has 0 unspecified atom stereocenters. The molecule has 0 saturated heterocycles. The van der Waals surface area contributed by atoms with E-state index >= 15 is 0 Å². The standard InChI is InChI=1S/C33H25F5N4O3S/c34-25-18-26(35)20-27(19-25)46(44,45)41-17-16-29-28(21-41)30(39-31(43)33(36,37)38)40-42(29)32(22-10-4-1-5-11-22,23-12-6-2-7-13-23)24-14-8-3-9-15-24/h1-15,18-20H,16-17,21H2,(H,39,40,43). The van der Waals surface area contributed by atoms with Crippen molar-refractivity contribution in [3.8, 4) is 0 Å². The topological polar surface area (TPSA) is 84.3 Å². The molecule has 0 fully saturated rings. The fraction of sp³-hybridized carbons (Fsp3) is 0.152. The summed E-state index contributed by atoms with van der Waals surface area (Å²) in [5.74, 6) is -5.01. The smallest absolute Gasteiger partial charge is 0.301 e. The molecule has 1 aliphatic rings. The Kier molecular flexibility index (Phi) is 7.99. The summed E-state index contributed by atoms with van der Waals surface area (Å²) in [5, 5.41) is 6.46. The molecule has 0 radical (unpaired) electrons. The van der Waals surface area contributed by atoms with Crippen LogP contribution in [0, 0.1) is 11.6 Å². The molecule has 13 heteroatoms. The molecular formula is C33H25F5N4O3S. The third kappa shape index (κ3) is 5.45. The van der Waals surface area contributed by atoms with E-state index < -0.39 is 56.5 Å². The van der Waals surface area contributed by atoms with E-state index in [4.69, 9.17) is 0 Å². The second-order valence-corrected chi connectivity index (χ2v) is 12.6. The fourth-order valence-electron chi connectivity index (χ4n) is 5.89. The van der Waals surface area contributed by atoms with E-state index in [9.17, 15) is 35.2 Å². The largest absolute Gasteiger partial charge is 0.471 e. The second-order valence-electron chi connectivity index (χ2n) is 10.6. The van der Waals surface area contributed by atoms with Gasteiger partial charge in [0.1, 0.15) is 17.2 Å². The first-order valence-corrected chi connectivity index (χ1v) is 15.5. The van der Waals surface area contributed by atoms with E-state index in [1.165, 1.54) is 0 Å². The molecule has 5 aromatic rings. The Morgan fingerprint density at radius 2 is 1.24 bits per heavy atom. The lowest BCUT2D eigenvalue weighted by Gasteiger charge is -2.38. The maximum absolute atomic E-state index is 14.0. The maximum Gasteiger partial charge on any atom is 0.471 e. The molecule has 236 valence electrons. The molecule has 0 aliphatic carbocycles. The molecule has 2 heterocycles. The van der Waals surface area contributed by atoms with Crippen LogP contribution < -0.4 is 5.32 Å². The third-order valence-electron chi connectivity index (χ3n) is 7.88. The lowest BCUT2D eigenvalue weighted by atomic mass is 9.76. The zero-order valence-corrected chi connectivity index (χ0v) is 24.7. The van der Waals surface area contributed by atoms with Crippen molar-refractivity contribution < 1.29 is 35.2 Å². The van der Waals surface area contributed by atoms with Crippen LogP contribution in [0.3, 0.4) is 0 Å². The number of nitrogens with one attached hydrogen (secondary N) is 1. The Balaban J connectivity index is 1.61. The summed E-state index contributed by atoms with van der Waals surface area (Å²) in [6.07, 6.45) is -5.33. The fourth-order valence-corrected chi connectivity index (χ4v) is 7.34. The number of halogens is 5. The lowest BCUT2D eigenvalue weighted by Crippen LogP contribution is -2.42. The van der Waals surface area contributed by atoms with Gasteiger partial charge < -0.3 is 5.32 Å². The summed E-state index contributed by atoms with van der Waals surface area (Å²) >= 11 is 0. The first-order chi connectivity index (χ1) is 21.9. The second kappa shape index (κ2) is 11.8. The summed E-state index contributed by atoms with van der Waals surface area (Å²) < 4.78 is 98.2. The van der Waals surface area contributed by atoms with E-state index in [1.807, 2.05) is 96.3 Å². The highest BCUT2D eigenvalue weighted by Gasteiger charge is 2.45. The first-order valence-electron chi connectivity index (χ1n) is 14.0. The lowest BCUT2D eigenvalue weighted by molar-refractivity contribution is -0.167. The zero-order valence-electron chi connectivity index (χ0n) is 23.9. The van der Waals surface area contributed by atoms with E-state index in [0.717, 1.165) is 4.31 Å². The van der Waals surface area contributed by atoms with Crippen LogP contribution in [0.1, 0.15) is 27.9 Å². The van der Waals surface area contributed by atoms with E-state index in [-0.39, 0.29) is 18.5 Å². The molecule has 0 bridgehead atoms. The number of carbonyl (C=O) groups excluding carboxylic acids is 1. The van der Waals surface area contributed by atoms with E-state index in [2.05, 4.69) is 5.10 Å². The van der Waals surface area contributed by atoms with Crippen molar-refractivity contribution in [3.63, 3.8) is 0 Å². The highest BCUT2D eigenvalue weighted by atomic mass is 32.2. The first kappa shape index (κ1) is 31.1. The van der Waals surface area contributed by atoms with Crippen molar-refractivity contribution in [3.05, 3.63) is 149 Å². The highest BCUT2D eigenvalue weighted by molar-refractivity contribution is 7.89. The number of fused-ring (bicyclic) bond motifs is 1. The predicted molar refractivity (Wildman–Crippen MR) is 159 cm³/mol. The van der Waals surface area contributed by atoms with Gasteiger partial charge in [-0.05, 0) is 28.8 Å². The molecular weight excluding hydrogens is 627 g/mol. The van der Waals surface area contributed by atoms with Gasteiger partial charge in [-0.1, -0.05) is 91.0 Å². The number of amides is 1. The van der Waals surface area contributed by atoms with Crippen LogP contribution in [-0.2, 0) is 33.3 Å². The van der Waals surface area contributed by atoms with Crippen LogP contribution in [-0.4, -0.2) is 41.1 Å². The number of carbonyl (C=O) groups is 1. The summed E-state index contributed by atoms with van der Waals surface area (Å²) in [4.78, 5) is 11.6. The predicted octanol–water partition coefficient (Wildman–Crippen LogP) is 6.25. The molecule has 4 aromatic carbocycles. The van der Waals surface area contributed by atoms with Gasteiger partial charge in [-0.3, -0.25) is 4.79 Å². The Hall–Kier alpha value is -4.88. The Labute approximate surface area is 261 Å². The van der Waals surface area contributed by atoms with Crippen LogP contribution >= 0.6 is 0 Å². The maximum atomic E-state index is 14.0. The average molecular weight is 653 g/mol. The number of aromatic nitrogens is 2. The number of hydrogen-bond acceptors (Lipinski definition) is 4. The summed E-state index contributed by atoms with van der Waals surface area (Å²) in [6, 6.07) is 29.2. The van der Waals surface area contributed by atoms with Gasteiger partial charge in [-0.15, -0.1) is 0 Å². The third-order valence-corrected chi connectivity index (χ3v) is 9.70. The van der Waals surface area contributed by atoms with Gasteiger partial charge in [0.2, 0.25) is 10.0 Å². The van der Waals surface area contributed by atoms with Crippen LogP contribution in [0.2, 0.25) is 0 Å². The number of hydrogen-bond donors (Lipinski definition) is 1. The minimum absolute atomic E-state index is 0.0106. The number of alkyl halides is 3. The number of nitrogens with zero attached hydrogens (tertiary/aromatic N) is 3. The monoisotopic (exact) mass is 652 g/mol. The molecule has 1 amide bonds. The van der Waals surface area contributed by atoms with Crippen molar-refractivity contribution in [2.24, 2.45) is 0 Å². The summed E-state index contributed by atoms with van der Waals surface area (Å²) in [6.45, 7) is -0.724. The number of anilines is 1. The molecule has 1 aliphatic heterocycles. The van der Waals surface area contributed by atoms with Gasteiger partial charge in [0.15, 0.2) is 5.82 Å². The highest BCUT2D eigenvalue weighted by Crippen LogP contribution is 2.44. The van der Waals surface area contributed by atoms with E-state index in [1.54, 1.807) is 4.68 Å². The summed E-state index contributed by atoms with van der Waals surface area (Å²) in [5.41, 5.74) is 1.16. The van der Waals surface area contributed by atoms with Gasteiger partial charge in [-0.25, -0.2) is 21.9 Å².